The molecule has 0 aliphatic heterocycles. The van der Waals surface area contributed by atoms with E-state index in [9.17, 15) is 14.0 Å². The van der Waals surface area contributed by atoms with E-state index in [2.05, 4.69) is 0 Å². The first kappa shape index (κ1) is 18.6. The first-order valence-electron chi connectivity index (χ1n) is 8.05. The number of benzene rings is 2. The average molecular weight is 343 g/mol. The van der Waals surface area contributed by atoms with Gasteiger partial charge in [-0.1, -0.05) is 29.3 Å². The molecule has 0 N–H and O–H groups in total. The zero-order valence-electron chi connectivity index (χ0n) is 14.9. The van der Waals surface area contributed by atoms with Gasteiger partial charge in [0.25, 0.3) is 5.91 Å². The van der Waals surface area contributed by atoms with E-state index in [4.69, 9.17) is 4.74 Å². The van der Waals surface area contributed by atoms with Crippen LogP contribution in [0.3, 0.4) is 0 Å². The Balaban J connectivity index is 2.00. The third kappa shape index (κ3) is 5.14. The van der Waals surface area contributed by atoms with E-state index < -0.39 is 12.1 Å². The number of hydrogen-bond acceptors (Lipinski definition) is 3. The predicted molar refractivity (Wildman–Crippen MR) is 93.7 cm³/mol. The van der Waals surface area contributed by atoms with Crippen LogP contribution in [0.5, 0.6) is 0 Å². The second-order valence-electron chi connectivity index (χ2n) is 6.25. The molecule has 1 amide bonds. The largest absolute Gasteiger partial charge is 0.449 e. The highest BCUT2D eigenvalue weighted by molar-refractivity contribution is 5.92. The molecule has 2 aromatic carbocycles. The van der Waals surface area contributed by atoms with E-state index in [1.54, 1.807) is 31.3 Å². The lowest BCUT2D eigenvalue weighted by atomic mass is 10.1. The predicted octanol–water partition coefficient (Wildman–Crippen LogP) is 3.65. The van der Waals surface area contributed by atoms with Crippen LogP contribution in [0.2, 0.25) is 0 Å². The summed E-state index contributed by atoms with van der Waals surface area (Å²) >= 11 is 0. The number of carbonyl (C=O) groups is 2. The maximum absolute atomic E-state index is 13.2. The molecule has 25 heavy (non-hydrogen) atoms. The molecule has 0 aliphatic rings. The minimum atomic E-state index is -0.924. The van der Waals surface area contributed by atoms with Crippen LogP contribution in [0.1, 0.15) is 34.0 Å². The molecule has 2 aromatic rings. The van der Waals surface area contributed by atoms with Crippen molar-refractivity contribution in [3.8, 4) is 0 Å². The average Bonchev–Trinajstić information content (AvgIpc) is 2.53. The van der Waals surface area contributed by atoms with Crippen molar-refractivity contribution in [3.63, 3.8) is 0 Å². The molecule has 0 saturated heterocycles. The molecule has 0 bridgehead atoms. The number of carbonyl (C=O) groups excluding carboxylic acids is 2. The highest BCUT2D eigenvalue weighted by atomic mass is 19.1. The van der Waals surface area contributed by atoms with Gasteiger partial charge in [-0.15, -0.1) is 0 Å². The molecule has 0 heterocycles. The van der Waals surface area contributed by atoms with Gasteiger partial charge in [-0.3, -0.25) is 4.79 Å². The normalized spacial score (nSPS) is 11.7. The Morgan fingerprint density at radius 2 is 1.76 bits per heavy atom. The van der Waals surface area contributed by atoms with Gasteiger partial charge >= 0.3 is 5.97 Å². The van der Waals surface area contributed by atoms with Gasteiger partial charge in [0.15, 0.2) is 6.10 Å². The number of amides is 1. The standard InChI is InChI=1S/C20H22FNO3/c1-13-8-14(2)10-17(9-13)20(24)25-15(3)19(23)22(4)12-16-6-5-7-18(21)11-16/h5-11,15H,12H2,1-4H3/t15-/m1/s1. The van der Waals surface area contributed by atoms with Gasteiger partial charge in [-0.25, -0.2) is 9.18 Å². The Hall–Kier alpha value is -2.69. The van der Waals surface area contributed by atoms with Gasteiger partial charge in [0.2, 0.25) is 0 Å². The molecule has 132 valence electrons. The number of likely N-dealkylation sites (N-methyl/N-ethyl adjacent to an activating group) is 1. The van der Waals surface area contributed by atoms with Gasteiger partial charge in [-0.2, -0.15) is 0 Å². The molecule has 0 aromatic heterocycles. The molecule has 0 aliphatic carbocycles. The van der Waals surface area contributed by atoms with Crippen molar-refractivity contribution in [3.05, 3.63) is 70.5 Å². The number of esters is 1. The molecular weight excluding hydrogens is 321 g/mol. The van der Waals surface area contributed by atoms with Crippen molar-refractivity contribution in [2.45, 2.75) is 33.4 Å². The maximum atomic E-state index is 13.2. The van der Waals surface area contributed by atoms with Gasteiger partial charge in [0.05, 0.1) is 5.56 Å². The van der Waals surface area contributed by atoms with Crippen molar-refractivity contribution in [2.24, 2.45) is 0 Å². The number of nitrogens with zero attached hydrogens (tertiary/aromatic N) is 1. The number of rotatable bonds is 5. The summed E-state index contributed by atoms with van der Waals surface area (Å²) < 4.78 is 18.5. The second-order valence-corrected chi connectivity index (χ2v) is 6.25. The van der Waals surface area contributed by atoms with Gasteiger partial charge in [-0.05, 0) is 50.6 Å². The molecule has 4 nitrogen and oxygen atoms in total. The third-order valence-electron chi connectivity index (χ3n) is 3.77. The van der Waals surface area contributed by atoms with Crippen LogP contribution < -0.4 is 0 Å². The Labute approximate surface area is 147 Å². The Bertz CT molecular complexity index is 768. The number of ether oxygens (including phenoxy) is 1. The molecule has 1 atom stereocenters. The lowest BCUT2D eigenvalue weighted by Gasteiger charge is -2.21. The molecule has 2 rings (SSSR count). The highest BCUT2D eigenvalue weighted by Gasteiger charge is 2.22. The summed E-state index contributed by atoms with van der Waals surface area (Å²) in [4.78, 5) is 26.0. The van der Waals surface area contributed by atoms with E-state index in [0.29, 0.717) is 11.1 Å². The number of aryl methyl sites for hydroxylation is 2. The van der Waals surface area contributed by atoms with Crippen LogP contribution in [0, 0.1) is 19.7 Å². The summed E-state index contributed by atoms with van der Waals surface area (Å²) in [5, 5.41) is 0. The quantitative estimate of drug-likeness (QED) is 0.779. The highest BCUT2D eigenvalue weighted by Crippen LogP contribution is 2.13. The zero-order chi connectivity index (χ0) is 18.6. The fourth-order valence-corrected chi connectivity index (χ4v) is 2.67. The van der Waals surface area contributed by atoms with Gasteiger partial charge in [0.1, 0.15) is 5.82 Å². The molecule has 5 heteroatoms. The van der Waals surface area contributed by atoms with E-state index in [0.717, 1.165) is 11.1 Å². The molecule has 0 saturated carbocycles. The molecule has 0 spiro atoms. The lowest BCUT2D eigenvalue weighted by molar-refractivity contribution is -0.139. The summed E-state index contributed by atoms with van der Waals surface area (Å²) in [5.41, 5.74) is 3.00. The minimum Gasteiger partial charge on any atom is -0.449 e. The number of hydrogen-bond donors (Lipinski definition) is 0. The van der Waals surface area contributed by atoms with Gasteiger partial charge in [0, 0.05) is 13.6 Å². The van der Waals surface area contributed by atoms with E-state index in [1.807, 2.05) is 19.9 Å². The van der Waals surface area contributed by atoms with Crippen molar-refractivity contribution in [1.82, 2.24) is 4.90 Å². The smallest absolute Gasteiger partial charge is 0.338 e. The third-order valence-corrected chi connectivity index (χ3v) is 3.77. The van der Waals surface area contributed by atoms with Crippen molar-refractivity contribution in [2.75, 3.05) is 7.05 Å². The van der Waals surface area contributed by atoms with Crippen LogP contribution >= 0.6 is 0 Å². The first-order chi connectivity index (χ1) is 11.8. The van der Waals surface area contributed by atoms with Crippen LogP contribution in [0.4, 0.5) is 4.39 Å². The Morgan fingerprint density at radius 1 is 1.12 bits per heavy atom. The lowest BCUT2D eigenvalue weighted by Crippen LogP contribution is -2.37. The number of halogens is 1. The Morgan fingerprint density at radius 3 is 2.36 bits per heavy atom. The monoisotopic (exact) mass is 343 g/mol. The van der Waals surface area contributed by atoms with Crippen LogP contribution in [-0.4, -0.2) is 29.9 Å². The summed E-state index contributed by atoms with van der Waals surface area (Å²) in [7, 11) is 1.59. The van der Waals surface area contributed by atoms with Crippen LogP contribution in [-0.2, 0) is 16.1 Å². The van der Waals surface area contributed by atoms with E-state index in [-0.39, 0.29) is 18.3 Å². The topological polar surface area (TPSA) is 46.6 Å². The summed E-state index contributed by atoms with van der Waals surface area (Å²) in [5.74, 6) is -1.23. The Kier molecular flexibility index (Phi) is 5.91. The SMILES string of the molecule is Cc1cc(C)cc(C(=O)O[C@H](C)C(=O)N(C)Cc2cccc(F)c2)c1. The fourth-order valence-electron chi connectivity index (χ4n) is 2.67. The van der Waals surface area contributed by atoms with Crippen molar-refractivity contribution < 1.29 is 18.7 Å². The summed E-state index contributed by atoms with van der Waals surface area (Å²) in [6.07, 6.45) is -0.924. The molecule has 0 unspecified atom stereocenters. The van der Waals surface area contributed by atoms with Crippen molar-refractivity contribution in [1.29, 1.82) is 0 Å². The second kappa shape index (κ2) is 7.92. The fraction of sp³-hybridized carbons (Fsp3) is 0.300. The molecular formula is C20H22FNO3. The maximum Gasteiger partial charge on any atom is 0.338 e. The minimum absolute atomic E-state index is 0.238. The summed E-state index contributed by atoms with van der Waals surface area (Å²) in [6, 6.07) is 11.4. The first-order valence-corrected chi connectivity index (χ1v) is 8.05. The molecule has 0 radical (unpaired) electrons. The zero-order valence-corrected chi connectivity index (χ0v) is 14.9. The van der Waals surface area contributed by atoms with E-state index >= 15 is 0 Å². The van der Waals surface area contributed by atoms with Crippen LogP contribution in [0.25, 0.3) is 0 Å². The van der Waals surface area contributed by atoms with Gasteiger partial charge < -0.3 is 9.64 Å². The van der Waals surface area contributed by atoms with Crippen LogP contribution in [0.15, 0.2) is 42.5 Å². The summed E-state index contributed by atoms with van der Waals surface area (Å²) in [6.45, 7) is 5.56. The van der Waals surface area contributed by atoms with E-state index in [1.165, 1.54) is 24.0 Å². The van der Waals surface area contributed by atoms with Crippen molar-refractivity contribution >= 4 is 11.9 Å². The molecule has 0 fully saturated rings.